The molecule has 1 N–H and O–H groups in total. The average molecular weight is 444 g/mol. The molecule has 1 heterocycles. The number of rotatable bonds is 7. The Labute approximate surface area is 187 Å². The summed E-state index contributed by atoms with van der Waals surface area (Å²) in [5.74, 6) is 1.13. The molecule has 0 aliphatic carbocycles. The number of para-hydroxylation sites is 1. The highest BCUT2D eigenvalue weighted by Crippen LogP contribution is 2.23. The lowest BCUT2D eigenvalue weighted by molar-refractivity contribution is -0.127. The van der Waals surface area contributed by atoms with Crippen molar-refractivity contribution in [3.05, 3.63) is 59.1 Å². The highest BCUT2D eigenvalue weighted by Gasteiger charge is 2.21. The molecular formula is C23H26ClN3O4. The molecule has 0 aromatic heterocycles. The number of nitrogens with one attached hydrogen (secondary N) is 1. The molecule has 8 heteroatoms. The summed E-state index contributed by atoms with van der Waals surface area (Å²) in [6, 6.07) is 12.6. The fourth-order valence-electron chi connectivity index (χ4n) is 3.28. The van der Waals surface area contributed by atoms with Crippen LogP contribution < -0.4 is 14.8 Å². The standard InChI is InChI=1S/C23H26ClN3O4/c1-30-18-13-17(14-19(15-18)31-2)7-8-23(29)27-11-9-26(10-12-27)16-22(28)25-21-6-4-3-5-20(21)24/h3-8,13-15H,9-12,16H2,1-2H3,(H,25,28). The zero-order valence-corrected chi connectivity index (χ0v) is 18.4. The van der Waals surface area contributed by atoms with Crippen molar-refractivity contribution in [1.82, 2.24) is 9.80 Å². The number of hydrogen-bond acceptors (Lipinski definition) is 5. The van der Waals surface area contributed by atoms with Gasteiger partial charge in [0.15, 0.2) is 0 Å². The number of hydrogen-bond donors (Lipinski definition) is 1. The lowest BCUT2D eigenvalue weighted by atomic mass is 10.2. The van der Waals surface area contributed by atoms with E-state index < -0.39 is 0 Å². The smallest absolute Gasteiger partial charge is 0.246 e. The van der Waals surface area contributed by atoms with Gasteiger partial charge in [0.05, 0.1) is 31.5 Å². The van der Waals surface area contributed by atoms with Gasteiger partial charge in [0, 0.05) is 38.3 Å². The van der Waals surface area contributed by atoms with Gasteiger partial charge in [-0.25, -0.2) is 0 Å². The number of carbonyl (C=O) groups is 2. The molecule has 0 unspecified atom stereocenters. The van der Waals surface area contributed by atoms with E-state index in [9.17, 15) is 9.59 Å². The molecule has 1 fully saturated rings. The first-order valence-electron chi connectivity index (χ1n) is 9.95. The third kappa shape index (κ3) is 6.47. The molecule has 0 spiro atoms. The Hall–Kier alpha value is -3.03. The molecule has 7 nitrogen and oxygen atoms in total. The maximum Gasteiger partial charge on any atom is 0.246 e. The summed E-state index contributed by atoms with van der Waals surface area (Å²) in [6.07, 6.45) is 3.30. The molecule has 1 aliphatic heterocycles. The van der Waals surface area contributed by atoms with Gasteiger partial charge in [-0.3, -0.25) is 14.5 Å². The number of carbonyl (C=O) groups excluding carboxylic acids is 2. The summed E-state index contributed by atoms with van der Waals surface area (Å²) in [4.78, 5) is 28.6. The molecule has 0 saturated carbocycles. The lowest BCUT2D eigenvalue weighted by Gasteiger charge is -2.33. The van der Waals surface area contributed by atoms with Crippen molar-refractivity contribution < 1.29 is 19.1 Å². The van der Waals surface area contributed by atoms with Crippen LogP contribution in [-0.2, 0) is 9.59 Å². The van der Waals surface area contributed by atoms with Gasteiger partial charge in [-0.1, -0.05) is 23.7 Å². The van der Waals surface area contributed by atoms with E-state index in [1.165, 1.54) is 0 Å². The van der Waals surface area contributed by atoms with E-state index in [0.29, 0.717) is 48.4 Å². The predicted octanol–water partition coefficient (Wildman–Crippen LogP) is 3.15. The third-order valence-corrected chi connectivity index (χ3v) is 5.32. The molecule has 164 valence electrons. The Morgan fingerprint density at radius 2 is 1.68 bits per heavy atom. The van der Waals surface area contributed by atoms with Gasteiger partial charge in [0.2, 0.25) is 11.8 Å². The molecule has 3 rings (SSSR count). The predicted molar refractivity (Wildman–Crippen MR) is 122 cm³/mol. The molecule has 0 bridgehead atoms. The second kappa shape index (κ2) is 10.8. The minimum atomic E-state index is -0.125. The molecule has 1 aliphatic rings. The van der Waals surface area contributed by atoms with E-state index in [2.05, 4.69) is 5.32 Å². The van der Waals surface area contributed by atoms with Gasteiger partial charge < -0.3 is 19.7 Å². The Kier molecular flexibility index (Phi) is 7.92. The van der Waals surface area contributed by atoms with Crippen LogP contribution in [0.5, 0.6) is 11.5 Å². The highest BCUT2D eigenvalue weighted by atomic mass is 35.5. The first-order valence-corrected chi connectivity index (χ1v) is 10.3. The summed E-state index contributed by atoms with van der Waals surface area (Å²) >= 11 is 6.08. The molecule has 0 radical (unpaired) electrons. The second-order valence-corrected chi connectivity index (χ2v) is 7.52. The van der Waals surface area contributed by atoms with Crippen molar-refractivity contribution in [2.45, 2.75) is 0 Å². The number of amides is 2. The van der Waals surface area contributed by atoms with E-state index in [1.54, 1.807) is 49.5 Å². The van der Waals surface area contributed by atoms with Crippen LogP contribution >= 0.6 is 11.6 Å². The second-order valence-electron chi connectivity index (χ2n) is 7.11. The van der Waals surface area contributed by atoms with Crippen LogP contribution in [0.3, 0.4) is 0 Å². The van der Waals surface area contributed by atoms with Crippen LogP contribution in [0, 0.1) is 0 Å². The number of benzene rings is 2. The number of piperazine rings is 1. The summed E-state index contributed by atoms with van der Waals surface area (Å²) in [5, 5.41) is 3.33. The number of anilines is 1. The zero-order valence-electron chi connectivity index (χ0n) is 17.6. The number of ether oxygens (including phenoxy) is 2. The molecule has 2 aromatic carbocycles. The Morgan fingerprint density at radius 3 is 2.29 bits per heavy atom. The first-order chi connectivity index (χ1) is 15.0. The molecule has 2 aromatic rings. The number of nitrogens with zero attached hydrogens (tertiary/aromatic N) is 2. The van der Waals surface area contributed by atoms with E-state index in [4.69, 9.17) is 21.1 Å². The van der Waals surface area contributed by atoms with Crippen LogP contribution in [0.25, 0.3) is 6.08 Å². The van der Waals surface area contributed by atoms with Crippen molar-refractivity contribution in [3.8, 4) is 11.5 Å². The summed E-state index contributed by atoms with van der Waals surface area (Å²) < 4.78 is 10.5. The van der Waals surface area contributed by atoms with Crippen molar-refractivity contribution in [1.29, 1.82) is 0 Å². The Morgan fingerprint density at radius 1 is 1.03 bits per heavy atom. The third-order valence-electron chi connectivity index (χ3n) is 4.99. The van der Waals surface area contributed by atoms with Gasteiger partial charge >= 0.3 is 0 Å². The zero-order chi connectivity index (χ0) is 22.2. The van der Waals surface area contributed by atoms with Crippen LogP contribution in [0.1, 0.15) is 5.56 Å². The fourth-order valence-corrected chi connectivity index (χ4v) is 3.46. The van der Waals surface area contributed by atoms with Gasteiger partial charge in [0.25, 0.3) is 0 Å². The fraction of sp³-hybridized carbons (Fsp3) is 0.304. The Bertz CT molecular complexity index is 933. The van der Waals surface area contributed by atoms with Gasteiger partial charge in [-0.15, -0.1) is 0 Å². The number of methoxy groups -OCH3 is 2. The number of halogens is 1. The maximum atomic E-state index is 12.6. The van der Waals surface area contributed by atoms with Crippen molar-refractivity contribution in [2.24, 2.45) is 0 Å². The van der Waals surface area contributed by atoms with Gasteiger partial charge in [0.1, 0.15) is 11.5 Å². The van der Waals surface area contributed by atoms with E-state index in [0.717, 1.165) is 5.56 Å². The maximum absolute atomic E-state index is 12.6. The van der Waals surface area contributed by atoms with Crippen molar-refractivity contribution in [3.63, 3.8) is 0 Å². The largest absolute Gasteiger partial charge is 0.497 e. The average Bonchev–Trinajstić information content (AvgIpc) is 2.79. The normalized spacial score (nSPS) is 14.5. The summed E-state index contributed by atoms with van der Waals surface area (Å²) in [7, 11) is 3.17. The van der Waals surface area contributed by atoms with Crippen LogP contribution in [-0.4, -0.2) is 68.6 Å². The monoisotopic (exact) mass is 443 g/mol. The Balaban J connectivity index is 1.49. The van der Waals surface area contributed by atoms with Crippen molar-refractivity contribution in [2.75, 3.05) is 52.3 Å². The molecule has 1 saturated heterocycles. The molecule has 2 amide bonds. The minimum absolute atomic E-state index is 0.0676. The topological polar surface area (TPSA) is 71.1 Å². The SMILES string of the molecule is COc1cc(C=CC(=O)N2CCN(CC(=O)Nc3ccccc3Cl)CC2)cc(OC)c1. The summed E-state index contributed by atoms with van der Waals surface area (Å²) in [6.45, 7) is 2.63. The van der Waals surface area contributed by atoms with E-state index in [1.807, 2.05) is 29.2 Å². The van der Waals surface area contributed by atoms with E-state index in [-0.39, 0.29) is 18.4 Å². The lowest BCUT2D eigenvalue weighted by Crippen LogP contribution is -2.50. The molecule has 31 heavy (non-hydrogen) atoms. The van der Waals surface area contributed by atoms with Crippen LogP contribution in [0.4, 0.5) is 5.69 Å². The highest BCUT2D eigenvalue weighted by molar-refractivity contribution is 6.33. The van der Waals surface area contributed by atoms with E-state index >= 15 is 0 Å². The quantitative estimate of drug-likeness (QED) is 0.665. The molecular weight excluding hydrogens is 418 g/mol. The van der Waals surface area contributed by atoms with Crippen molar-refractivity contribution >= 4 is 35.2 Å². The summed E-state index contributed by atoms with van der Waals surface area (Å²) in [5.41, 5.74) is 1.42. The van der Waals surface area contributed by atoms with Gasteiger partial charge in [-0.05, 0) is 35.9 Å². The van der Waals surface area contributed by atoms with Crippen LogP contribution in [0.2, 0.25) is 5.02 Å². The minimum Gasteiger partial charge on any atom is -0.497 e. The first kappa shape index (κ1) is 22.7. The van der Waals surface area contributed by atoms with Gasteiger partial charge in [-0.2, -0.15) is 0 Å². The molecule has 0 atom stereocenters. The van der Waals surface area contributed by atoms with Crippen LogP contribution in [0.15, 0.2) is 48.5 Å².